The van der Waals surface area contributed by atoms with Gasteiger partial charge in [0.15, 0.2) is 6.29 Å². The molecule has 1 aliphatic heterocycles. The number of methoxy groups -OCH3 is 4. The lowest BCUT2D eigenvalue weighted by molar-refractivity contribution is -0.300. The van der Waals surface area contributed by atoms with Gasteiger partial charge in [-0.05, 0) is 0 Å². The third-order valence-corrected chi connectivity index (χ3v) is 2.76. The smallest absolute Gasteiger partial charge is 0.184 e. The molecule has 5 atom stereocenters. The van der Waals surface area contributed by atoms with Gasteiger partial charge in [0.2, 0.25) is 0 Å². The number of hydrogen-bond acceptors (Lipinski definition) is 6. The monoisotopic (exact) mass is 236 g/mol. The van der Waals surface area contributed by atoms with E-state index in [4.69, 9.17) is 23.7 Å². The second kappa shape index (κ2) is 6.48. The maximum absolute atomic E-state index is 9.74. The highest BCUT2D eigenvalue weighted by Gasteiger charge is 2.46. The second-order valence-corrected chi connectivity index (χ2v) is 3.62. The lowest BCUT2D eigenvalue weighted by atomic mass is 9.98. The van der Waals surface area contributed by atoms with Gasteiger partial charge in [0.05, 0.1) is 6.61 Å². The molecule has 1 rings (SSSR count). The molecule has 96 valence electrons. The fourth-order valence-electron chi connectivity index (χ4n) is 2.00. The van der Waals surface area contributed by atoms with Gasteiger partial charge in [-0.3, -0.25) is 0 Å². The topological polar surface area (TPSA) is 66.4 Å². The molecule has 0 bridgehead atoms. The van der Waals surface area contributed by atoms with Crippen molar-refractivity contribution in [1.29, 1.82) is 0 Å². The van der Waals surface area contributed by atoms with E-state index in [0.29, 0.717) is 6.61 Å². The van der Waals surface area contributed by atoms with Crippen molar-refractivity contribution in [3.63, 3.8) is 0 Å². The Morgan fingerprint density at radius 2 is 1.50 bits per heavy atom. The SMILES string of the molecule is COC[C@H]1O[C@@H](O)[C@H](OC)[C@@H](OC)[C@H]1OC. The maximum Gasteiger partial charge on any atom is 0.184 e. The molecule has 1 aliphatic rings. The molecular weight excluding hydrogens is 216 g/mol. The van der Waals surface area contributed by atoms with Crippen molar-refractivity contribution < 1.29 is 28.8 Å². The predicted octanol–water partition coefficient (Wildman–Crippen LogP) is -0.605. The van der Waals surface area contributed by atoms with E-state index in [9.17, 15) is 5.11 Å². The minimum absolute atomic E-state index is 0.325. The standard InChI is InChI=1S/C10H20O6/c1-12-5-6-7(13-2)8(14-3)9(15-4)10(11)16-6/h6-11H,5H2,1-4H3/t6-,7+,8+,9-,10-/m1/s1. The van der Waals surface area contributed by atoms with Gasteiger partial charge in [-0.2, -0.15) is 0 Å². The van der Waals surface area contributed by atoms with E-state index in [1.807, 2.05) is 0 Å². The average molecular weight is 236 g/mol. The van der Waals surface area contributed by atoms with E-state index in [1.165, 1.54) is 7.11 Å². The molecule has 1 heterocycles. The van der Waals surface area contributed by atoms with Crippen LogP contribution in [0.25, 0.3) is 0 Å². The lowest BCUT2D eigenvalue weighted by Crippen LogP contribution is -2.60. The normalized spacial score (nSPS) is 39.9. The van der Waals surface area contributed by atoms with E-state index in [-0.39, 0.29) is 18.3 Å². The fraction of sp³-hybridized carbons (Fsp3) is 1.00. The highest BCUT2D eigenvalue weighted by atomic mass is 16.7. The molecule has 0 aromatic rings. The summed E-state index contributed by atoms with van der Waals surface area (Å²) in [6.45, 7) is 0.325. The minimum Gasteiger partial charge on any atom is -0.382 e. The quantitative estimate of drug-likeness (QED) is 0.687. The summed E-state index contributed by atoms with van der Waals surface area (Å²) in [6.07, 6.45) is -2.71. The van der Waals surface area contributed by atoms with Gasteiger partial charge < -0.3 is 28.8 Å². The third kappa shape index (κ3) is 2.71. The van der Waals surface area contributed by atoms with Crippen LogP contribution in [0.2, 0.25) is 0 Å². The van der Waals surface area contributed by atoms with Crippen molar-refractivity contribution in [2.24, 2.45) is 0 Å². The van der Waals surface area contributed by atoms with Crippen LogP contribution >= 0.6 is 0 Å². The molecule has 0 aromatic carbocycles. The Morgan fingerprint density at radius 3 is 1.94 bits per heavy atom. The number of aliphatic hydroxyl groups excluding tert-OH is 1. The zero-order valence-electron chi connectivity index (χ0n) is 10.1. The molecule has 6 heteroatoms. The first-order valence-corrected chi connectivity index (χ1v) is 5.10. The molecule has 0 spiro atoms. The first kappa shape index (κ1) is 13.8. The Morgan fingerprint density at radius 1 is 0.938 bits per heavy atom. The summed E-state index contributed by atoms with van der Waals surface area (Å²) < 4.78 is 26.1. The van der Waals surface area contributed by atoms with Crippen molar-refractivity contribution in [2.75, 3.05) is 35.0 Å². The molecule has 0 amide bonds. The second-order valence-electron chi connectivity index (χ2n) is 3.62. The van der Waals surface area contributed by atoms with Crippen molar-refractivity contribution >= 4 is 0 Å². The molecule has 1 fully saturated rings. The summed E-state index contributed by atoms with van der Waals surface area (Å²) in [5.74, 6) is 0. The number of hydrogen-bond donors (Lipinski definition) is 1. The van der Waals surface area contributed by atoms with Gasteiger partial charge >= 0.3 is 0 Å². The summed E-state index contributed by atoms with van der Waals surface area (Å²) in [5, 5.41) is 9.74. The van der Waals surface area contributed by atoms with Crippen LogP contribution in [0.5, 0.6) is 0 Å². The number of aliphatic hydroxyl groups is 1. The van der Waals surface area contributed by atoms with Gasteiger partial charge in [0.1, 0.15) is 24.4 Å². The van der Waals surface area contributed by atoms with Crippen LogP contribution < -0.4 is 0 Å². The molecule has 0 aliphatic carbocycles. The summed E-state index contributed by atoms with van der Waals surface area (Å²) in [4.78, 5) is 0. The van der Waals surface area contributed by atoms with E-state index in [0.717, 1.165) is 0 Å². The Balaban J connectivity index is 2.78. The Bertz CT molecular complexity index is 200. The molecule has 0 aromatic heterocycles. The minimum atomic E-state index is -1.04. The van der Waals surface area contributed by atoms with Gasteiger partial charge in [0.25, 0.3) is 0 Å². The van der Waals surface area contributed by atoms with Gasteiger partial charge in [0, 0.05) is 28.4 Å². The van der Waals surface area contributed by atoms with Crippen LogP contribution in [0.4, 0.5) is 0 Å². The van der Waals surface area contributed by atoms with Gasteiger partial charge in [-0.1, -0.05) is 0 Å². The van der Waals surface area contributed by atoms with Crippen molar-refractivity contribution in [1.82, 2.24) is 0 Å². The Hall–Kier alpha value is -0.240. The number of ether oxygens (including phenoxy) is 5. The van der Waals surface area contributed by atoms with E-state index < -0.39 is 12.4 Å². The largest absolute Gasteiger partial charge is 0.382 e. The summed E-state index contributed by atoms with van der Waals surface area (Å²) in [7, 11) is 6.16. The molecule has 1 saturated heterocycles. The molecule has 0 saturated carbocycles. The number of rotatable bonds is 5. The molecular formula is C10H20O6. The van der Waals surface area contributed by atoms with Crippen molar-refractivity contribution in [2.45, 2.75) is 30.7 Å². The van der Waals surface area contributed by atoms with Crippen LogP contribution in [0.15, 0.2) is 0 Å². The van der Waals surface area contributed by atoms with Crippen molar-refractivity contribution in [3.05, 3.63) is 0 Å². The maximum atomic E-state index is 9.74. The van der Waals surface area contributed by atoms with E-state index in [2.05, 4.69) is 0 Å². The summed E-state index contributed by atoms with van der Waals surface area (Å²) >= 11 is 0. The first-order valence-electron chi connectivity index (χ1n) is 5.10. The predicted molar refractivity (Wildman–Crippen MR) is 55.1 cm³/mol. The average Bonchev–Trinajstić information content (AvgIpc) is 2.28. The molecule has 16 heavy (non-hydrogen) atoms. The molecule has 6 nitrogen and oxygen atoms in total. The van der Waals surface area contributed by atoms with E-state index >= 15 is 0 Å². The Labute approximate surface area is 95.4 Å². The fourth-order valence-corrected chi connectivity index (χ4v) is 2.00. The van der Waals surface area contributed by atoms with E-state index in [1.54, 1.807) is 21.3 Å². The highest BCUT2D eigenvalue weighted by Crippen LogP contribution is 2.25. The Kier molecular flexibility index (Phi) is 5.60. The van der Waals surface area contributed by atoms with Crippen LogP contribution in [0.3, 0.4) is 0 Å². The van der Waals surface area contributed by atoms with Crippen LogP contribution in [-0.2, 0) is 23.7 Å². The summed E-state index contributed by atoms with van der Waals surface area (Å²) in [5.41, 5.74) is 0. The lowest BCUT2D eigenvalue weighted by Gasteiger charge is -2.42. The molecule has 1 N–H and O–H groups in total. The third-order valence-electron chi connectivity index (χ3n) is 2.76. The zero-order chi connectivity index (χ0) is 12.1. The molecule has 0 radical (unpaired) electrons. The summed E-state index contributed by atoms with van der Waals surface area (Å²) in [6, 6.07) is 0. The highest BCUT2D eigenvalue weighted by molar-refractivity contribution is 4.91. The molecule has 0 unspecified atom stereocenters. The van der Waals surface area contributed by atoms with Gasteiger partial charge in [-0.25, -0.2) is 0 Å². The van der Waals surface area contributed by atoms with Crippen LogP contribution in [-0.4, -0.2) is 70.9 Å². The van der Waals surface area contributed by atoms with Gasteiger partial charge in [-0.15, -0.1) is 0 Å². The van der Waals surface area contributed by atoms with Crippen LogP contribution in [0, 0.1) is 0 Å². The first-order chi connectivity index (χ1) is 7.69. The zero-order valence-corrected chi connectivity index (χ0v) is 10.1. The van der Waals surface area contributed by atoms with Crippen molar-refractivity contribution in [3.8, 4) is 0 Å². The van der Waals surface area contributed by atoms with Crippen LogP contribution in [0.1, 0.15) is 0 Å².